The Morgan fingerprint density at radius 1 is 1.29 bits per heavy atom. The van der Waals surface area contributed by atoms with Gasteiger partial charge in [0.25, 0.3) is 0 Å². The lowest BCUT2D eigenvalue weighted by molar-refractivity contribution is 0.247. The van der Waals surface area contributed by atoms with Crippen molar-refractivity contribution < 1.29 is 0 Å². The molecule has 4 rings (SSSR count). The van der Waals surface area contributed by atoms with E-state index in [4.69, 9.17) is 5.73 Å². The fourth-order valence-electron chi connectivity index (χ4n) is 4.60. The van der Waals surface area contributed by atoms with Gasteiger partial charge in [0.2, 0.25) is 0 Å². The Balaban J connectivity index is 1.68. The number of nitrogens with two attached hydrogens (primary N) is 1. The minimum Gasteiger partial charge on any atom is -0.363 e. The predicted molar refractivity (Wildman–Crippen MR) is 87.7 cm³/mol. The zero-order chi connectivity index (χ0) is 14.4. The summed E-state index contributed by atoms with van der Waals surface area (Å²) in [6, 6.07) is 10.5. The quantitative estimate of drug-likeness (QED) is 0.925. The summed E-state index contributed by atoms with van der Waals surface area (Å²) >= 11 is 0. The average Bonchev–Trinajstić information content (AvgIpc) is 3.30. The molecular weight excluding hydrogens is 258 g/mol. The SMILES string of the molecule is CC1CC(CN)(N2CCCc3ccccc32)CN1C1CC1. The lowest BCUT2D eigenvalue weighted by atomic mass is 9.89. The van der Waals surface area contributed by atoms with Crippen molar-refractivity contribution in [2.75, 3.05) is 24.5 Å². The first-order valence-corrected chi connectivity index (χ1v) is 8.55. The van der Waals surface area contributed by atoms with Crippen molar-refractivity contribution in [2.24, 2.45) is 5.73 Å². The van der Waals surface area contributed by atoms with Crippen molar-refractivity contribution in [1.29, 1.82) is 0 Å². The van der Waals surface area contributed by atoms with Gasteiger partial charge in [-0.1, -0.05) is 18.2 Å². The maximum absolute atomic E-state index is 6.33. The van der Waals surface area contributed by atoms with E-state index < -0.39 is 0 Å². The average molecular weight is 285 g/mol. The molecule has 2 aliphatic heterocycles. The van der Waals surface area contributed by atoms with E-state index in [1.807, 2.05) is 0 Å². The molecule has 0 bridgehead atoms. The molecule has 3 nitrogen and oxygen atoms in total. The van der Waals surface area contributed by atoms with Gasteiger partial charge in [-0.2, -0.15) is 0 Å². The Kier molecular flexibility index (Phi) is 3.23. The number of hydrogen-bond donors (Lipinski definition) is 1. The second-order valence-electron chi connectivity index (χ2n) is 7.27. The highest BCUT2D eigenvalue weighted by Gasteiger charge is 2.49. The van der Waals surface area contributed by atoms with E-state index in [1.165, 1.54) is 49.9 Å². The fourth-order valence-corrected chi connectivity index (χ4v) is 4.60. The Morgan fingerprint density at radius 2 is 2.10 bits per heavy atom. The van der Waals surface area contributed by atoms with Crippen LogP contribution in [0.5, 0.6) is 0 Å². The van der Waals surface area contributed by atoms with Gasteiger partial charge in [0, 0.05) is 37.4 Å². The van der Waals surface area contributed by atoms with Crippen LogP contribution in [0.15, 0.2) is 24.3 Å². The van der Waals surface area contributed by atoms with E-state index in [0.717, 1.165) is 19.1 Å². The smallest absolute Gasteiger partial charge is 0.0665 e. The molecule has 1 aromatic carbocycles. The number of anilines is 1. The van der Waals surface area contributed by atoms with Crippen molar-refractivity contribution in [1.82, 2.24) is 4.90 Å². The molecule has 1 aliphatic carbocycles. The third-order valence-electron chi connectivity index (χ3n) is 5.80. The highest BCUT2D eigenvalue weighted by molar-refractivity contribution is 5.58. The molecule has 2 heterocycles. The van der Waals surface area contributed by atoms with E-state index in [1.54, 1.807) is 0 Å². The Morgan fingerprint density at radius 3 is 2.86 bits per heavy atom. The number of para-hydroxylation sites is 1. The van der Waals surface area contributed by atoms with Crippen LogP contribution in [-0.4, -0.2) is 42.2 Å². The van der Waals surface area contributed by atoms with Gasteiger partial charge in [-0.15, -0.1) is 0 Å². The summed E-state index contributed by atoms with van der Waals surface area (Å²) in [5.41, 5.74) is 9.44. The van der Waals surface area contributed by atoms with E-state index in [0.29, 0.717) is 6.04 Å². The van der Waals surface area contributed by atoms with Gasteiger partial charge in [-0.25, -0.2) is 0 Å². The summed E-state index contributed by atoms with van der Waals surface area (Å²) in [6.45, 7) is 5.49. The van der Waals surface area contributed by atoms with Gasteiger partial charge in [0.15, 0.2) is 0 Å². The summed E-state index contributed by atoms with van der Waals surface area (Å²) in [6.07, 6.45) is 6.48. The number of nitrogens with zero attached hydrogens (tertiary/aromatic N) is 2. The third kappa shape index (κ3) is 2.18. The van der Waals surface area contributed by atoms with Crippen molar-refractivity contribution in [3.63, 3.8) is 0 Å². The monoisotopic (exact) mass is 285 g/mol. The van der Waals surface area contributed by atoms with Crippen LogP contribution in [-0.2, 0) is 6.42 Å². The van der Waals surface area contributed by atoms with Crippen molar-refractivity contribution >= 4 is 5.69 Å². The van der Waals surface area contributed by atoms with Crippen LogP contribution in [0.25, 0.3) is 0 Å². The van der Waals surface area contributed by atoms with Crippen LogP contribution in [0.4, 0.5) is 5.69 Å². The molecule has 0 spiro atoms. The standard InChI is InChI=1S/C18H27N3/c1-14-11-18(12-19,13-20(14)16-8-9-16)21-10-4-6-15-5-2-3-7-17(15)21/h2-3,5,7,14,16H,4,6,8-13,19H2,1H3. The zero-order valence-corrected chi connectivity index (χ0v) is 13.1. The Hall–Kier alpha value is -1.06. The summed E-state index contributed by atoms with van der Waals surface area (Å²) in [7, 11) is 0. The molecule has 21 heavy (non-hydrogen) atoms. The molecule has 3 aliphatic rings. The molecule has 2 fully saturated rings. The van der Waals surface area contributed by atoms with Gasteiger partial charge in [-0.05, 0) is 50.7 Å². The number of rotatable bonds is 3. The Bertz CT molecular complexity index is 525. The number of fused-ring (bicyclic) bond motifs is 1. The molecule has 1 saturated heterocycles. The lowest BCUT2D eigenvalue weighted by Crippen LogP contribution is -2.57. The van der Waals surface area contributed by atoms with Crippen molar-refractivity contribution in [3.8, 4) is 0 Å². The summed E-state index contributed by atoms with van der Waals surface area (Å²) in [5, 5.41) is 0. The van der Waals surface area contributed by atoms with Crippen LogP contribution < -0.4 is 10.6 Å². The maximum Gasteiger partial charge on any atom is 0.0665 e. The van der Waals surface area contributed by atoms with Crippen LogP contribution in [0.2, 0.25) is 0 Å². The molecule has 2 unspecified atom stereocenters. The number of aryl methyl sites for hydroxylation is 1. The van der Waals surface area contributed by atoms with Crippen LogP contribution >= 0.6 is 0 Å². The second kappa shape index (κ2) is 4.99. The van der Waals surface area contributed by atoms with Crippen LogP contribution in [0.3, 0.4) is 0 Å². The van der Waals surface area contributed by atoms with E-state index >= 15 is 0 Å². The molecule has 2 atom stereocenters. The third-order valence-corrected chi connectivity index (χ3v) is 5.80. The summed E-state index contributed by atoms with van der Waals surface area (Å²) in [5.74, 6) is 0. The molecule has 2 N–H and O–H groups in total. The molecule has 114 valence electrons. The Labute approximate surface area is 128 Å². The predicted octanol–water partition coefficient (Wildman–Crippen LogP) is 2.39. The molecule has 0 amide bonds. The highest BCUT2D eigenvalue weighted by Crippen LogP contribution is 2.42. The molecule has 0 aromatic heterocycles. The second-order valence-corrected chi connectivity index (χ2v) is 7.27. The molecule has 3 heteroatoms. The lowest BCUT2D eigenvalue weighted by Gasteiger charge is -2.45. The molecular formula is C18H27N3. The minimum atomic E-state index is 0.151. The summed E-state index contributed by atoms with van der Waals surface area (Å²) in [4.78, 5) is 5.38. The first kappa shape index (κ1) is 13.6. The van der Waals surface area contributed by atoms with Gasteiger partial charge in [-0.3, -0.25) is 4.90 Å². The van der Waals surface area contributed by atoms with Crippen LogP contribution in [0.1, 0.15) is 38.2 Å². The number of benzene rings is 1. The largest absolute Gasteiger partial charge is 0.363 e. The normalized spacial score (nSPS) is 33.2. The first-order valence-electron chi connectivity index (χ1n) is 8.55. The minimum absolute atomic E-state index is 0.151. The molecule has 1 aromatic rings. The summed E-state index contributed by atoms with van der Waals surface area (Å²) < 4.78 is 0. The van der Waals surface area contributed by atoms with Crippen LogP contribution in [0, 0.1) is 0 Å². The van der Waals surface area contributed by atoms with Gasteiger partial charge < -0.3 is 10.6 Å². The van der Waals surface area contributed by atoms with Gasteiger partial charge in [0.05, 0.1) is 5.54 Å². The topological polar surface area (TPSA) is 32.5 Å². The van der Waals surface area contributed by atoms with E-state index in [-0.39, 0.29) is 5.54 Å². The van der Waals surface area contributed by atoms with Gasteiger partial charge >= 0.3 is 0 Å². The first-order chi connectivity index (χ1) is 10.2. The van der Waals surface area contributed by atoms with Crippen molar-refractivity contribution in [3.05, 3.63) is 29.8 Å². The van der Waals surface area contributed by atoms with Gasteiger partial charge in [0.1, 0.15) is 0 Å². The van der Waals surface area contributed by atoms with E-state index in [9.17, 15) is 0 Å². The fraction of sp³-hybridized carbons (Fsp3) is 0.667. The number of likely N-dealkylation sites (tertiary alicyclic amines) is 1. The molecule has 0 radical (unpaired) electrons. The van der Waals surface area contributed by atoms with Crippen molar-refractivity contribution in [2.45, 2.75) is 56.7 Å². The number of hydrogen-bond acceptors (Lipinski definition) is 3. The van der Waals surface area contributed by atoms with E-state index in [2.05, 4.69) is 41.0 Å². The highest BCUT2D eigenvalue weighted by atomic mass is 15.3. The maximum atomic E-state index is 6.33. The molecule has 1 saturated carbocycles. The zero-order valence-electron chi connectivity index (χ0n) is 13.1.